The normalized spacial score (nSPS) is 11.1. The SMILES string of the molecule is CCCc1c(CCl)ccc(CC(C)C)c1Br. The maximum Gasteiger partial charge on any atom is 0.0477 e. The first-order chi connectivity index (χ1) is 7.60. The molecule has 16 heavy (non-hydrogen) atoms. The zero-order valence-electron chi connectivity index (χ0n) is 10.3. The van der Waals surface area contributed by atoms with Crippen molar-refractivity contribution < 1.29 is 0 Å². The molecule has 0 aromatic heterocycles. The third kappa shape index (κ3) is 3.49. The lowest BCUT2D eigenvalue weighted by Gasteiger charge is -2.14. The second-order valence-electron chi connectivity index (χ2n) is 4.66. The van der Waals surface area contributed by atoms with Gasteiger partial charge in [0.25, 0.3) is 0 Å². The zero-order chi connectivity index (χ0) is 12.1. The van der Waals surface area contributed by atoms with Crippen LogP contribution in [0, 0.1) is 5.92 Å². The summed E-state index contributed by atoms with van der Waals surface area (Å²) in [7, 11) is 0. The van der Waals surface area contributed by atoms with Gasteiger partial charge in [-0.15, -0.1) is 11.6 Å². The lowest BCUT2D eigenvalue weighted by Crippen LogP contribution is -2.01. The highest BCUT2D eigenvalue weighted by molar-refractivity contribution is 9.10. The first kappa shape index (κ1) is 14.1. The lowest BCUT2D eigenvalue weighted by atomic mass is 9.96. The number of hydrogen-bond acceptors (Lipinski definition) is 0. The average molecular weight is 304 g/mol. The Morgan fingerprint density at radius 1 is 1.25 bits per heavy atom. The molecule has 0 heterocycles. The number of halogens is 2. The Morgan fingerprint density at radius 2 is 1.88 bits per heavy atom. The minimum atomic E-state index is 0.607. The summed E-state index contributed by atoms with van der Waals surface area (Å²) >= 11 is 9.72. The van der Waals surface area contributed by atoms with Crippen LogP contribution in [0.3, 0.4) is 0 Å². The smallest absolute Gasteiger partial charge is 0.0477 e. The fourth-order valence-electron chi connectivity index (χ4n) is 1.95. The van der Waals surface area contributed by atoms with Crippen LogP contribution in [0.5, 0.6) is 0 Å². The van der Waals surface area contributed by atoms with Crippen LogP contribution >= 0.6 is 27.5 Å². The maximum atomic E-state index is 5.98. The van der Waals surface area contributed by atoms with Crippen LogP contribution in [-0.4, -0.2) is 0 Å². The van der Waals surface area contributed by atoms with Gasteiger partial charge in [-0.2, -0.15) is 0 Å². The summed E-state index contributed by atoms with van der Waals surface area (Å²) in [5.74, 6) is 1.29. The van der Waals surface area contributed by atoms with Crippen molar-refractivity contribution >= 4 is 27.5 Å². The number of alkyl halides is 1. The van der Waals surface area contributed by atoms with Crippen molar-refractivity contribution in [3.63, 3.8) is 0 Å². The molecule has 1 aromatic carbocycles. The van der Waals surface area contributed by atoms with Crippen molar-refractivity contribution in [1.29, 1.82) is 0 Å². The van der Waals surface area contributed by atoms with Crippen LogP contribution in [0.2, 0.25) is 0 Å². The molecule has 0 aliphatic heterocycles. The Morgan fingerprint density at radius 3 is 2.38 bits per heavy atom. The topological polar surface area (TPSA) is 0 Å². The molecule has 0 nitrogen and oxygen atoms in total. The van der Waals surface area contributed by atoms with E-state index in [4.69, 9.17) is 11.6 Å². The molecular formula is C14H20BrCl. The zero-order valence-corrected chi connectivity index (χ0v) is 12.7. The molecule has 0 amide bonds. The van der Waals surface area contributed by atoms with Crippen molar-refractivity contribution in [3.8, 4) is 0 Å². The summed E-state index contributed by atoms with van der Waals surface area (Å²) in [4.78, 5) is 0. The molecule has 2 heteroatoms. The maximum absolute atomic E-state index is 5.98. The van der Waals surface area contributed by atoms with E-state index in [0.717, 1.165) is 19.3 Å². The highest BCUT2D eigenvalue weighted by atomic mass is 79.9. The standard InChI is InChI=1S/C14H20BrCl/c1-4-5-13-12(9-16)7-6-11(14(13)15)8-10(2)3/h6-7,10H,4-5,8-9H2,1-3H3. The van der Waals surface area contributed by atoms with Gasteiger partial charge in [-0.1, -0.05) is 55.3 Å². The largest absolute Gasteiger partial charge is 0.122 e. The molecule has 0 saturated heterocycles. The second-order valence-corrected chi connectivity index (χ2v) is 5.72. The predicted octanol–water partition coefficient (Wildman–Crippen LogP) is 5.34. The molecule has 0 N–H and O–H groups in total. The fraction of sp³-hybridized carbons (Fsp3) is 0.571. The Hall–Kier alpha value is -0.0100. The molecule has 0 radical (unpaired) electrons. The van der Waals surface area contributed by atoms with E-state index in [1.807, 2.05) is 0 Å². The van der Waals surface area contributed by atoms with Gasteiger partial charge >= 0.3 is 0 Å². The molecular weight excluding hydrogens is 284 g/mol. The van der Waals surface area contributed by atoms with E-state index >= 15 is 0 Å². The molecule has 0 saturated carbocycles. The first-order valence-electron chi connectivity index (χ1n) is 5.95. The predicted molar refractivity (Wildman–Crippen MR) is 76.2 cm³/mol. The Labute approximate surface area is 113 Å². The highest BCUT2D eigenvalue weighted by Crippen LogP contribution is 2.29. The Kier molecular flexibility index (Phi) is 5.85. The number of benzene rings is 1. The first-order valence-corrected chi connectivity index (χ1v) is 7.28. The average Bonchev–Trinajstić information content (AvgIpc) is 2.24. The van der Waals surface area contributed by atoms with Gasteiger partial charge < -0.3 is 0 Å². The molecule has 0 atom stereocenters. The van der Waals surface area contributed by atoms with Crippen molar-refractivity contribution in [2.75, 3.05) is 0 Å². The summed E-state index contributed by atoms with van der Waals surface area (Å²) in [6.45, 7) is 6.71. The van der Waals surface area contributed by atoms with Crippen LogP contribution in [0.1, 0.15) is 43.9 Å². The van der Waals surface area contributed by atoms with E-state index in [1.165, 1.54) is 21.2 Å². The van der Waals surface area contributed by atoms with Crippen LogP contribution in [-0.2, 0) is 18.7 Å². The lowest BCUT2D eigenvalue weighted by molar-refractivity contribution is 0.644. The quantitative estimate of drug-likeness (QED) is 0.644. The Bertz CT molecular complexity index is 345. The van der Waals surface area contributed by atoms with Crippen molar-refractivity contribution in [3.05, 3.63) is 33.3 Å². The van der Waals surface area contributed by atoms with E-state index in [1.54, 1.807) is 0 Å². The van der Waals surface area contributed by atoms with Crippen LogP contribution in [0.4, 0.5) is 0 Å². The van der Waals surface area contributed by atoms with Crippen molar-refractivity contribution in [2.45, 2.75) is 45.9 Å². The molecule has 0 aliphatic rings. The summed E-state index contributed by atoms with van der Waals surface area (Å²) < 4.78 is 1.28. The van der Waals surface area contributed by atoms with Gasteiger partial charge in [-0.3, -0.25) is 0 Å². The van der Waals surface area contributed by atoms with Crippen molar-refractivity contribution in [2.24, 2.45) is 5.92 Å². The second kappa shape index (κ2) is 6.66. The minimum Gasteiger partial charge on any atom is -0.122 e. The van der Waals surface area contributed by atoms with Crippen LogP contribution in [0.25, 0.3) is 0 Å². The molecule has 0 aliphatic carbocycles. The summed E-state index contributed by atoms with van der Waals surface area (Å²) in [6.07, 6.45) is 3.39. The van der Waals surface area contributed by atoms with E-state index in [9.17, 15) is 0 Å². The molecule has 0 spiro atoms. The van der Waals surface area contributed by atoms with Gasteiger partial charge in [0.15, 0.2) is 0 Å². The third-order valence-electron chi connectivity index (χ3n) is 2.69. The van der Waals surface area contributed by atoms with Crippen LogP contribution in [0.15, 0.2) is 16.6 Å². The van der Waals surface area contributed by atoms with E-state index < -0.39 is 0 Å². The molecule has 0 unspecified atom stereocenters. The third-order valence-corrected chi connectivity index (χ3v) is 3.97. The monoisotopic (exact) mass is 302 g/mol. The number of hydrogen-bond donors (Lipinski definition) is 0. The van der Waals surface area contributed by atoms with E-state index in [2.05, 4.69) is 48.8 Å². The Balaban J connectivity index is 3.09. The van der Waals surface area contributed by atoms with Crippen molar-refractivity contribution in [1.82, 2.24) is 0 Å². The molecule has 0 bridgehead atoms. The van der Waals surface area contributed by atoms with E-state index in [-0.39, 0.29) is 0 Å². The van der Waals surface area contributed by atoms with E-state index in [0.29, 0.717) is 11.8 Å². The molecule has 1 rings (SSSR count). The summed E-state index contributed by atoms with van der Waals surface area (Å²) in [5.41, 5.74) is 4.07. The molecule has 0 fully saturated rings. The number of rotatable bonds is 5. The van der Waals surface area contributed by atoms with Gasteiger partial charge in [0, 0.05) is 10.4 Å². The highest BCUT2D eigenvalue weighted by Gasteiger charge is 2.11. The summed E-state index contributed by atoms with van der Waals surface area (Å²) in [5, 5.41) is 0. The summed E-state index contributed by atoms with van der Waals surface area (Å²) in [6, 6.07) is 4.39. The van der Waals surface area contributed by atoms with Gasteiger partial charge in [0.2, 0.25) is 0 Å². The molecule has 90 valence electrons. The molecule has 1 aromatic rings. The van der Waals surface area contributed by atoms with Gasteiger partial charge in [0.1, 0.15) is 0 Å². The van der Waals surface area contributed by atoms with Crippen LogP contribution < -0.4 is 0 Å². The fourth-order valence-corrected chi connectivity index (χ4v) is 2.95. The van der Waals surface area contributed by atoms with Gasteiger partial charge in [-0.05, 0) is 35.4 Å². The van der Waals surface area contributed by atoms with Gasteiger partial charge in [-0.25, -0.2) is 0 Å². The minimum absolute atomic E-state index is 0.607. The van der Waals surface area contributed by atoms with Gasteiger partial charge in [0.05, 0.1) is 0 Å².